The number of hydrogen-bond donors (Lipinski definition) is 1. The molecular weight excluding hydrogens is 244 g/mol. The number of rotatable bonds is 0. The van der Waals surface area contributed by atoms with Crippen LogP contribution in [0.5, 0.6) is 0 Å². The molecule has 4 aliphatic carbocycles. The van der Waals surface area contributed by atoms with Crippen molar-refractivity contribution in [3.05, 3.63) is 36.0 Å². The summed E-state index contributed by atoms with van der Waals surface area (Å²) in [7, 11) is 0. The highest BCUT2D eigenvalue weighted by Gasteiger charge is 2.53. The lowest BCUT2D eigenvalue weighted by atomic mass is 9.49. The molecular formula is C19H26O. The van der Waals surface area contributed by atoms with Crippen molar-refractivity contribution < 1.29 is 5.11 Å². The molecule has 20 heavy (non-hydrogen) atoms. The fourth-order valence-corrected chi connectivity index (χ4v) is 5.63. The summed E-state index contributed by atoms with van der Waals surface area (Å²) in [5, 5.41) is 9.93. The van der Waals surface area contributed by atoms with Crippen molar-refractivity contribution in [2.45, 2.75) is 52.1 Å². The van der Waals surface area contributed by atoms with Crippen molar-refractivity contribution >= 4 is 0 Å². The Morgan fingerprint density at radius 1 is 1.15 bits per heavy atom. The number of allylic oxidation sites excluding steroid dienone is 5. The lowest BCUT2D eigenvalue weighted by Crippen LogP contribution is -2.47. The molecule has 6 unspecified atom stereocenters. The van der Waals surface area contributed by atoms with Crippen molar-refractivity contribution in [3.63, 3.8) is 0 Å². The van der Waals surface area contributed by atoms with E-state index in [-0.39, 0.29) is 6.10 Å². The Hall–Kier alpha value is -0.820. The Balaban J connectivity index is 1.74. The Kier molecular flexibility index (Phi) is 2.64. The van der Waals surface area contributed by atoms with Crippen LogP contribution in [0.25, 0.3) is 0 Å². The van der Waals surface area contributed by atoms with Gasteiger partial charge in [0.05, 0.1) is 6.10 Å². The molecule has 0 heterocycles. The number of aliphatic hydroxyl groups excluding tert-OH is 1. The first-order valence-electron chi connectivity index (χ1n) is 8.29. The molecule has 0 saturated heterocycles. The topological polar surface area (TPSA) is 20.2 Å². The fraction of sp³-hybridized carbons (Fsp3) is 0.684. The lowest BCUT2D eigenvalue weighted by molar-refractivity contribution is 0.0114. The summed E-state index contributed by atoms with van der Waals surface area (Å²) in [6.45, 7) is 4.92. The highest BCUT2D eigenvalue weighted by atomic mass is 16.3. The highest BCUT2D eigenvalue weighted by molar-refractivity contribution is 5.36. The summed E-state index contributed by atoms with van der Waals surface area (Å²) >= 11 is 0. The van der Waals surface area contributed by atoms with E-state index in [2.05, 4.69) is 44.2 Å². The molecule has 1 saturated carbocycles. The van der Waals surface area contributed by atoms with Gasteiger partial charge in [-0.1, -0.05) is 44.2 Å². The van der Waals surface area contributed by atoms with Gasteiger partial charge < -0.3 is 5.11 Å². The third kappa shape index (κ3) is 1.59. The summed E-state index contributed by atoms with van der Waals surface area (Å²) in [5.74, 6) is 2.33. The van der Waals surface area contributed by atoms with E-state index in [0.717, 1.165) is 30.6 Å². The van der Waals surface area contributed by atoms with Gasteiger partial charge in [-0.25, -0.2) is 0 Å². The molecule has 0 aromatic heterocycles. The van der Waals surface area contributed by atoms with E-state index in [1.54, 1.807) is 0 Å². The minimum atomic E-state index is -0.221. The van der Waals surface area contributed by atoms with E-state index in [4.69, 9.17) is 0 Å². The summed E-state index contributed by atoms with van der Waals surface area (Å²) in [6, 6.07) is 0. The minimum Gasteiger partial charge on any atom is -0.389 e. The van der Waals surface area contributed by atoms with Crippen LogP contribution in [0.3, 0.4) is 0 Å². The van der Waals surface area contributed by atoms with Crippen LogP contribution in [0.2, 0.25) is 0 Å². The zero-order valence-corrected chi connectivity index (χ0v) is 12.7. The summed E-state index contributed by atoms with van der Waals surface area (Å²) in [4.78, 5) is 0. The Morgan fingerprint density at radius 2 is 2.00 bits per heavy atom. The van der Waals surface area contributed by atoms with Gasteiger partial charge in [0.1, 0.15) is 0 Å². The van der Waals surface area contributed by atoms with E-state index in [0.29, 0.717) is 10.8 Å². The zero-order valence-electron chi connectivity index (χ0n) is 12.7. The van der Waals surface area contributed by atoms with Gasteiger partial charge in [-0.2, -0.15) is 0 Å². The molecule has 0 amide bonds. The summed E-state index contributed by atoms with van der Waals surface area (Å²) in [6.07, 6.45) is 17.7. The average molecular weight is 270 g/mol. The van der Waals surface area contributed by atoms with Gasteiger partial charge in [-0.05, 0) is 66.3 Å². The predicted molar refractivity (Wildman–Crippen MR) is 82.1 cm³/mol. The Labute approximate surface area is 122 Å². The summed E-state index contributed by atoms with van der Waals surface area (Å²) < 4.78 is 0. The van der Waals surface area contributed by atoms with Crippen LogP contribution in [0.4, 0.5) is 0 Å². The first-order valence-corrected chi connectivity index (χ1v) is 8.29. The number of aliphatic hydroxyl groups is 1. The Morgan fingerprint density at radius 3 is 2.85 bits per heavy atom. The zero-order chi connectivity index (χ0) is 14.0. The molecule has 0 aromatic carbocycles. The quantitative estimate of drug-likeness (QED) is 0.652. The second-order valence-electron chi connectivity index (χ2n) is 7.98. The van der Waals surface area contributed by atoms with Crippen LogP contribution >= 0.6 is 0 Å². The predicted octanol–water partition coefficient (Wildman–Crippen LogP) is 4.25. The third-order valence-electron chi connectivity index (χ3n) is 6.97. The second kappa shape index (κ2) is 4.10. The van der Waals surface area contributed by atoms with Crippen LogP contribution in [0, 0.1) is 28.6 Å². The maximum atomic E-state index is 9.93. The number of fused-ring (bicyclic) bond motifs is 5. The van der Waals surface area contributed by atoms with Gasteiger partial charge in [0.25, 0.3) is 0 Å². The van der Waals surface area contributed by atoms with Gasteiger partial charge in [-0.15, -0.1) is 0 Å². The molecule has 4 rings (SSSR count). The number of hydrogen-bond acceptors (Lipinski definition) is 1. The lowest BCUT2D eigenvalue weighted by Gasteiger charge is -2.55. The molecule has 0 spiro atoms. The monoisotopic (exact) mass is 270 g/mol. The van der Waals surface area contributed by atoms with E-state index in [9.17, 15) is 5.11 Å². The Bertz CT molecular complexity index is 514. The van der Waals surface area contributed by atoms with Crippen LogP contribution < -0.4 is 0 Å². The van der Waals surface area contributed by atoms with E-state index < -0.39 is 0 Å². The van der Waals surface area contributed by atoms with Crippen LogP contribution in [0.1, 0.15) is 46.0 Å². The smallest absolute Gasteiger partial charge is 0.0727 e. The fourth-order valence-electron chi connectivity index (χ4n) is 5.63. The van der Waals surface area contributed by atoms with Gasteiger partial charge in [0.2, 0.25) is 0 Å². The van der Waals surface area contributed by atoms with Crippen LogP contribution in [0.15, 0.2) is 36.0 Å². The normalized spacial score (nSPS) is 53.0. The SMILES string of the molecule is CC12C=CCC1C1C=CC3=CC(O)CCC3(C)C1CC2. The van der Waals surface area contributed by atoms with Gasteiger partial charge >= 0.3 is 0 Å². The molecule has 1 fully saturated rings. The van der Waals surface area contributed by atoms with Crippen molar-refractivity contribution in [1.82, 2.24) is 0 Å². The maximum Gasteiger partial charge on any atom is 0.0727 e. The van der Waals surface area contributed by atoms with E-state index in [1.807, 2.05) is 0 Å². The summed E-state index contributed by atoms with van der Waals surface area (Å²) in [5.41, 5.74) is 2.16. The molecule has 1 heteroatoms. The first-order chi connectivity index (χ1) is 9.53. The molecule has 0 aromatic rings. The molecule has 4 aliphatic rings. The molecule has 1 N–H and O–H groups in total. The largest absolute Gasteiger partial charge is 0.389 e. The van der Waals surface area contributed by atoms with Crippen molar-refractivity contribution in [1.29, 1.82) is 0 Å². The first kappa shape index (κ1) is 12.9. The average Bonchev–Trinajstić information content (AvgIpc) is 2.81. The molecule has 0 bridgehead atoms. The second-order valence-corrected chi connectivity index (χ2v) is 7.98. The molecule has 0 radical (unpaired) electrons. The molecule has 0 aliphatic heterocycles. The van der Waals surface area contributed by atoms with Crippen LogP contribution in [-0.2, 0) is 0 Å². The van der Waals surface area contributed by atoms with Gasteiger partial charge in [0, 0.05) is 0 Å². The van der Waals surface area contributed by atoms with Crippen LogP contribution in [-0.4, -0.2) is 11.2 Å². The molecule has 108 valence electrons. The standard InChI is InChI=1S/C19H26O/c1-18-9-3-4-16(18)15-6-5-13-12-14(20)7-11-19(13,2)17(15)8-10-18/h3,5-6,9,12,14-17,20H,4,7-8,10-11H2,1-2H3. The van der Waals surface area contributed by atoms with Crippen molar-refractivity contribution in [3.8, 4) is 0 Å². The third-order valence-corrected chi connectivity index (χ3v) is 6.97. The highest BCUT2D eigenvalue weighted by Crippen LogP contribution is 2.61. The van der Waals surface area contributed by atoms with Gasteiger partial charge in [-0.3, -0.25) is 0 Å². The molecule has 1 nitrogen and oxygen atoms in total. The van der Waals surface area contributed by atoms with Gasteiger partial charge in [0.15, 0.2) is 0 Å². The van der Waals surface area contributed by atoms with E-state index >= 15 is 0 Å². The molecule has 6 atom stereocenters. The van der Waals surface area contributed by atoms with E-state index in [1.165, 1.54) is 24.8 Å². The minimum absolute atomic E-state index is 0.221. The van der Waals surface area contributed by atoms with Crippen molar-refractivity contribution in [2.75, 3.05) is 0 Å². The maximum absolute atomic E-state index is 9.93. The van der Waals surface area contributed by atoms with Crippen molar-refractivity contribution in [2.24, 2.45) is 28.6 Å².